The van der Waals surface area contributed by atoms with Crippen molar-refractivity contribution in [2.45, 2.75) is 24.9 Å². The smallest absolute Gasteiger partial charge is 0.233 e. The first-order valence-corrected chi connectivity index (χ1v) is 8.68. The molecule has 7 heteroatoms. The van der Waals surface area contributed by atoms with Gasteiger partial charge in [0.2, 0.25) is 11.8 Å². The van der Waals surface area contributed by atoms with Crippen LogP contribution in [0.4, 0.5) is 0 Å². The molecule has 3 N–H and O–H groups in total. The van der Waals surface area contributed by atoms with Gasteiger partial charge >= 0.3 is 0 Å². The molecule has 2 amide bonds. The normalized spacial score (nSPS) is 18.3. The lowest BCUT2D eigenvalue weighted by atomic mass is 9.97. The van der Waals surface area contributed by atoms with Crippen molar-refractivity contribution in [1.82, 2.24) is 14.9 Å². The van der Waals surface area contributed by atoms with Gasteiger partial charge in [-0.25, -0.2) is 4.98 Å². The first-order valence-electron chi connectivity index (χ1n) is 7.69. The van der Waals surface area contributed by atoms with Gasteiger partial charge in [0.1, 0.15) is 0 Å². The lowest BCUT2D eigenvalue weighted by Gasteiger charge is -2.31. The number of hydrogen-bond donors (Lipinski definition) is 2. The van der Waals surface area contributed by atoms with E-state index in [4.69, 9.17) is 5.73 Å². The summed E-state index contributed by atoms with van der Waals surface area (Å²) >= 11 is 1.39. The molecular weight excluding hydrogens is 312 g/mol. The van der Waals surface area contributed by atoms with E-state index in [9.17, 15) is 9.59 Å². The second kappa shape index (κ2) is 6.62. The van der Waals surface area contributed by atoms with Crippen molar-refractivity contribution in [2.24, 2.45) is 11.7 Å². The summed E-state index contributed by atoms with van der Waals surface area (Å²) in [5.74, 6) is -0.197. The van der Waals surface area contributed by atoms with Crippen LogP contribution in [0.25, 0.3) is 11.0 Å². The lowest BCUT2D eigenvalue weighted by Crippen LogP contribution is -2.44. The molecule has 0 saturated carbocycles. The molecule has 0 unspecified atom stereocenters. The maximum absolute atomic E-state index is 12.3. The van der Waals surface area contributed by atoms with Gasteiger partial charge < -0.3 is 15.6 Å². The maximum Gasteiger partial charge on any atom is 0.233 e. The number of aromatic amines is 1. The highest BCUT2D eigenvalue weighted by Crippen LogP contribution is 2.22. The molecule has 122 valence electrons. The van der Waals surface area contributed by atoms with E-state index in [1.165, 1.54) is 17.3 Å². The molecule has 0 radical (unpaired) electrons. The Bertz CT molecular complexity index is 743. The fraction of sp³-hybridized carbons (Fsp3) is 0.438. The number of nitrogens with one attached hydrogen (secondary N) is 1. The van der Waals surface area contributed by atoms with E-state index >= 15 is 0 Å². The van der Waals surface area contributed by atoms with Crippen molar-refractivity contribution >= 4 is 34.6 Å². The van der Waals surface area contributed by atoms with Crippen molar-refractivity contribution in [1.29, 1.82) is 0 Å². The molecule has 1 fully saturated rings. The van der Waals surface area contributed by atoms with Crippen molar-refractivity contribution in [3.05, 3.63) is 23.8 Å². The molecule has 2 aromatic rings. The number of hydrogen-bond acceptors (Lipinski definition) is 4. The van der Waals surface area contributed by atoms with Crippen molar-refractivity contribution in [2.75, 3.05) is 18.8 Å². The highest BCUT2D eigenvalue weighted by Gasteiger charge is 2.26. The van der Waals surface area contributed by atoms with E-state index in [-0.39, 0.29) is 17.7 Å². The summed E-state index contributed by atoms with van der Waals surface area (Å²) < 4.78 is 0. The van der Waals surface area contributed by atoms with E-state index in [0.717, 1.165) is 29.0 Å². The Morgan fingerprint density at radius 2 is 2.30 bits per heavy atom. The third kappa shape index (κ3) is 3.67. The number of aromatic nitrogens is 2. The topological polar surface area (TPSA) is 92.1 Å². The minimum Gasteiger partial charge on any atom is -0.369 e. The van der Waals surface area contributed by atoms with Crippen LogP contribution in [0.5, 0.6) is 0 Å². The number of fused-ring (bicyclic) bond motifs is 1. The van der Waals surface area contributed by atoms with Crippen LogP contribution in [-0.4, -0.2) is 45.5 Å². The van der Waals surface area contributed by atoms with Gasteiger partial charge in [-0.3, -0.25) is 9.59 Å². The van der Waals surface area contributed by atoms with Crippen molar-refractivity contribution in [3.63, 3.8) is 0 Å². The number of piperidine rings is 1. The summed E-state index contributed by atoms with van der Waals surface area (Å²) in [7, 11) is 0. The number of likely N-dealkylation sites (tertiary alicyclic amines) is 1. The summed E-state index contributed by atoms with van der Waals surface area (Å²) in [6, 6.07) is 6.02. The minimum absolute atomic E-state index is 0.0255. The summed E-state index contributed by atoms with van der Waals surface area (Å²) in [4.78, 5) is 33.1. The SMILES string of the molecule is Cc1ccc2nc(SCC(=O)N3CCC[C@H](C(N)=O)C3)[nH]c2c1. The Morgan fingerprint density at radius 1 is 1.48 bits per heavy atom. The third-order valence-electron chi connectivity index (χ3n) is 4.12. The fourth-order valence-electron chi connectivity index (χ4n) is 2.83. The first kappa shape index (κ1) is 15.9. The summed E-state index contributed by atoms with van der Waals surface area (Å²) in [5, 5.41) is 0.738. The van der Waals surface area contributed by atoms with Crippen LogP contribution in [-0.2, 0) is 9.59 Å². The summed E-state index contributed by atoms with van der Waals surface area (Å²) in [6.07, 6.45) is 1.60. The number of H-pyrrole nitrogens is 1. The molecule has 1 saturated heterocycles. The molecule has 1 aromatic heterocycles. The maximum atomic E-state index is 12.3. The van der Waals surface area contributed by atoms with Gasteiger partial charge in [0.05, 0.1) is 22.7 Å². The number of nitrogens with zero attached hydrogens (tertiary/aromatic N) is 2. The standard InChI is InChI=1S/C16H20N4O2S/c1-10-4-5-12-13(7-10)19-16(18-12)23-9-14(21)20-6-2-3-11(8-20)15(17)22/h4-5,7,11H,2-3,6,8-9H2,1H3,(H2,17,22)(H,18,19)/t11-/m0/s1. The van der Waals surface area contributed by atoms with E-state index in [1.54, 1.807) is 4.90 Å². The largest absolute Gasteiger partial charge is 0.369 e. The number of carbonyl (C=O) groups is 2. The number of carbonyl (C=O) groups excluding carboxylic acids is 2. The Labute approximate surface area is 138 Å². The van der Waals surface area contributed by atoms with E-state index in [1.807, 2.05) is 25.1 Å². The second-order valence-corrected chi connectivity index (χ2v) is 6.90. The van der Waals surface area contributed by atoms with Gasteiger partial charge in [0, 0.05) is 13.1 Å². The molecular formula is C16H20N4O2S. The number of primary amides is 1. The predicted octanol–water partition coefficient (Wildman–Crippen LogP) is 1.69. The molecule has 23 heavy (non-hydrogen) atoms. The Kier molecular flexibility index (Phi) is 4.56. The van der Waals surface area contributed by atoms with Crippen LogP contribution in [0.3, 0.4) is 0 Å². The van der Waals surface area contributed by atoms with Gasteiger partial charge in [0.25, 0.3) is 0 Å². The average molecular weight is 332 g/mol. The van der Waals surface area contributed by atoms with Gasteiger partial charge in [-0.1, -0.05) is 17.8 Å². The molecule has 1 aliphatic rings. The van der Waals surface area contributed by atoms with Gasteiger partial charge in [0.15, 0.2) is 5.16 Å². The Balaban J connectivity index is 1.60. The van der Waals surface area contributed by atoms with Gasteiger partial charge in [-0.15, -0.1) is 0 Å². The molecule has 1 aromatic carbocycles. The number of amides is 2. The summed E-state index contributed by atoms with van der Waals surface area (Å²) in [5.41, 5.74) is 8.40. The fourth-order valence-corrected chi connectivity index (χ4v) is 3.61. The number of imidazole rings is 1. The molecule has 6 nitrogen and oxygen atoms in total. The van der Waals surface area contributed by atoms with Crippen LogP contribution < -0.4 is 5.73 Å². The van der Waals surface area contributed by atoms with Crippen LogP contribution in [0.15, 0.2) is 23.4 Å². The highest BCUT2D eigenvalue weighted by atomic mass is 32.2. The zero-order valence-corrected chi connectivity index (χ0v) is 13.9. The average Bonchev–Trinajstić information content (AvgIpc) is 2.94. The Morgan fingerprint density at radius 3 is 3.09 bits per heavy atom. The van der Waals surface area contributed by atoms with Gasteiger partial charge in [-0.05, 0) is 37.5 Å². The molecule has 0 aliphatic carbocycles. The molecule has 2 heterocycles. The van der Waals surface area contributed by atoms with Crippen molar-refractivity contribution in [3.8, 4) is 0 Å². The summed E-state index contributed by atoms with van der Waals surface area (Å²) in [6.45, 7) is 3.17. The van der Waals surface area contributed by atoms with Crippen LogP contribution >= 0.6 is 11.8 Å². The molecule has 1 atom stereocenters. The van der Waals surface area contributed by atoms with Crippen LogP contribution in [0, 0.1) is 12.8 Å². The molecule has 3 rings (SSSR count). The zero-order chi connectivity index (χ0) is 16.4. The zero-order valence-electron chi connectivity index (χ0n) is 13.0. The minimum atomic E-state index is -0.317. The van der Waals surface area contributed by atoms with E-state index in [0.29, 0.717) is 18.8 Å². The number of thioether (sulfide) groups is 1. The number of rotatable bonds is 4. The number of benzene rings is 1. The third-order valence-corrected chi connectivity index (χ3v) is 4.98. The van der Waals surface area contributed by atoms with E-state index in [2.05, 4.69) is 9.97 Å². The van der Waals surface area contributed by atoms with Gasteiger partial charge in [-0.2, -0.15) is 0 Å². The first-order chi connectivity index (χ1) is 11.0. The highest BCUT2D eigenvalue weighted by molar-refractivity contribution is 7.99. The number of nitrogens with two attached hydrogens (primary N) is 1. The molecule has 0 spiro atoms. The molecule has 0 bridgehead atoms. The Hall–Kier alpha value is -2.02. The van der Waals surface area contributed by atoms with Crippen molar-refractivity contribution < 1.29 is 9.59 Å². The van der Waals surface area contributed by atoms with Crippen LogP contribution in [0.2, 0.25) is 0 Å². The monoisotopic (exact) mass is 332 g/mol. The second-order valence-electron chi connectivity index (χ2n) is 5.93. The van der Waals surface area contributed by atoms with Crippen LogP contribution in [0.1, 0.15) is 18.4 Å². The predicted molar refractivity (Wildman–Crippen MR) is 90.1 cm³/mol. The van der Waals surface area contributed by atoms with E-state index < -0.39 is 0 Å². The molecule has 1 aliphatic heterocycles. The lowest BCUT2D eigenvalue weighted by molar-refractivity contribution is -0.132. The quantitative estimate of drug-likeness (QED) is 0.833. The number of aryl methyl sites for hydroxylation is 1.